The van der Waals surface area contributed by atoms with Gasteiger partial charge in [-0.15, -0.1) is 5.10 Å². The lowest BCUT2D eigenvalue weighted by Gasteiger charge is -2.18. The number of amides is 1. The van der Waals surface area contributed by atoms with Gasteiger partial charge in [-0.05, 0) is 30.0 Å². The van der Waals surface area contributed by atoms with Gasteiger partial charge in [0, 0.05) is 38.2 Å². The fraction of sp³-hybridized carbons (Fsp3) is 0.273. The topological polar surface area (TPSA) is 159 Å². The van der Waals surface area contributed by atoms with Crippen LogP contribution in [0.1, 0.15) is 23.0 Å². The summed E-state index contributed by atoms with van der Waals surface area (Å²) in [5.41, 5.74) is 11.8. The van der Waals surface area contributed by atoms with Crippen molar-refractivity contribution in [1.82, 2.24) is 23.5 Å². The summed E-state index contributed by atoms with van der Waals surface area (Å²) in [6, 6.07) is 8.97. The van der Waals surface area contributed by atoms with Crippen LogP contribution in [0.4, 0.5) is 5.82 Å². The molecule has 0 aliphatic carbocycles. The van der Waals surface area contributed by atoms with Gasteiger partial charge in [0.25, 0.3) is 11.5 Å². The third-order valence-electron chi connectivity index (χ3n) is 5.41. The van der Waals surface area contributed by atoms with Crippen LogP contribution in [0.5, 0.6) is 0 Å². The fourth-order valence-corrected chi connectivity index (χ4v) is 4.17. The van der Waals surface area contributed by atoms with E-state index in [-0.39, 0.29) is 23.5 Å². The normalized spacial score (nSPS) is 11.6. The van der Waals surface area contributed by atoms with Crippen molar-refractivity contribution in [2.45, 2.75) is 19.9 Å². The maximum Gasteiger partial charge on any atom is 0.260 e. The van der Waals surface area contributed by atoms with Crippen molar-refractivity contribution in [3.05, 3.63) is 69.4 Å². The van der Waals surface area contributed by atoms with Crippen LogP contribution in [0.25, 0.3) is 16.4 Å². The lowest BCUT2D eigenvalue weighted by atomic mass is 10.1. The van der Waals surface area contributed by atoms with E-state index >= 15 is 0 Å². The summed E-state index contributed by atoms with van der Waals surface area (Å²) in [6.07, 6.45) is 5.02. The summed E-state index contributed by atoms with van der Waals surface area (Å²) in [6.45, 7) is 2.50. The first-order valence-corrected chi connectivity index (χ1v) is 12.8. The van der Waals surface area contributed by atoms with Gasteiger partial charge in [-0.25, -0.2) is 22.2 Å². The van der Waals surface area contributed by atoms with Crippen molar-refractivity contribution in [2.24, 2.45) is 5.73 Å². The van der Waals surface area contributed by atoms with Crippen molar-refractivity contribution in [1.29, 1.82) is 0 Å². The van der Waals surface area contributed by atoms with Gasteiger partial charge in [0.05, 0.1) is 16.7 Å². The molecule has 1 amide bonds. The van der Waals surface area contributed by atoms with E-state index in [0.29, 0.717) is 29.0 Å². The molecule has 11 nitrogen and oxygen atoms in total. The number of aromatic nitrogens is 4. The maximum atomic E-state index is 12.7. The van der Waals surface area contributed by atoms with Gasteiger partial charge in [-0.3, -0.25) is 9.59 Å². The molecular weight excluding hydrogens is 494 g/mol. The molecule has 0 spiro atoms. The highest BCUT2D eigenvalue weighted by Gasteiger charge is 2.16. The van der Waals surface area contributed by atoms with Crippen LogP contribution in [0, 0.1) is 0 Å². The second-order valence-corrected chi connectivity index (χ2v) is 10.2. The first-order chi connectivity index (χ1) is 16.5. The highest BCUT2D eigenvalue weighted by molar-refractivity contribution is 7.88. The van der Waals surface area contributed by atoms with Crippen LogP contribution in [0.2, 0.25) is 5.02 Å². The Bertz CT molecular complexity index is 1560. The van der Waals surface area contributed by atoms with Gasteiger partial charge in [-0.1, -0.05) is 30.7 Å². The van der Waals surface area contributed by atoms with Crippen molar-refractivity contribution in [3.8, 4) is 0 Å². The zero-order valence-corrected chi connectivity index (χ0v) is 21.0. The van der Waals surface area contributed by atoms with Crippen LogP contribution in [-0.4, -0.2) is 57.6 Å². The van der Waals surface area contributed by atoms with E-state index in [1.54, 1.807) is 29.1 Å². The lowest BCUT2D eigenvalue weighted by Crippen LogP contribution is -2.33. The second kappa shape index (κ2) is 10.4. The molecule has 0 saturated carbocycles. The van der Waals surface area contributed by atoms with E-state index in [9.17, 15) is 18.0 Å². The molecular formula is C22H26ClN7O4S. The SMILES string of the molecule is CCc1cc2cccc(Cl)c2c(=O)n1CCN(C)S(C)(=O)=O.NC(=O)c1c(N)nn2cccnc12. The summed E-state index contributed by atoms with van der Waals surface area (Å²) < 4.78 is 27.2. The van der Waals surface area contributed by atoms with Gasteiger partial charge in [0.1, 0.15) is 5.56 Å². The van der Waals surface area contributed by atoms with E-state index in [1.165, 1.54) is 15.9 Å². The fourth-order valence-electron chi connectivity index (χ4n) is 3.49. The summed E-state index contributed by atoms with van der Waals surface area (Å²) in [7, 11) is -1.76. The number of aryl methyl sites for hydroxylation is 1. The number of carbonyl (C=O) groups excluding carboxylic acids is 1. The maximum absolute atomic E-state index is 12.7. The third-order valence-corrected chi connectivity index (χ3v) is 7.04. The van der Waals surface area contributed by atoms with E-state index in [1.807, 2.05) is 25.1 Å². The Morgan fingerprint density at radius 1 is 1.26 bits per heavy atom. The average molecular weight is 520 g/mol. The minimum atomic E-state index is -3.26. The Balaban J connectivity index is 0.000000223. The number of primary amides is 1. The number of rotatable bonds is 6. The molecule has 0 radical (unpaired) electrons. The Morgan fingerprint density at radius 2 is 1.97 bits per heavy atom. The number of hydrogen-bond donors (Lipinski definition) is 2. The molecule has 0 atom stereocenters. The highest BCUT2D eigenvalue weighted by Crippen LogP contribution is 2.21. The molecule has 186 valence electrons. The molecule has 3 aromatic heterocycles. The van der Waals surface area contributed by atoms with E-state index in [2.05, 4.69) is 10.1 Å². The number of likely N-dealkylation sites (N-methyl/N-ethyl adjacent to an activating group) is 1. The van der Waals surface area contributed by atoms with Crippen molar-refractivity contribution in [3.63, 3.8) is 0 Å². The van der Waals surface area contributed by atoms with Gasteiger partial charge in [0.2, 0.25) is 10.0 Å². The minimum Gasteiger partial charge on any atom is -0.381 e. The van der Waals surface area contributed by atoms with Crippen LogP contribution < -0.4 is 17.0 Å². The Morgan fingerprint density at radius 3 is 2.60 bits per heavy atom. The number of sulfonamides is 1. The number of hydrogen-bond acceptors (Lipinski definition) is 7. The molecule has 35 heavy (non-hydrogen) atoms. The number of carbonyl (C=O) groups is 1. The third kappa shape index (κ3) is 5.61. The first-order valence-electron chi connectivity index (χ1n) is 10.6. The number of anilines is 1. The molecule has 13 heteroatoms. The highest BCUT2D eigenvalue weighted by atomic mass is 35.5. The smallest absolute Gasteiger partial charge is 0.260 e. The molecule has 3 heterocycles. The van der Waals surface area contributed by atoms with Gasteiger partial charge in [-0.2, -0.15) is 0 Å². The number of benzene rings is 1. The molecule has 0 unspecified atom stereocenters. The predicted octanol–water partition coefficient (Wildman–Crippen LogP) is 1.52. The molecule has 0 aliphatic heterocycles. The molecule has 0 fully saturated rings. The van der Waals surface area contributed by atoms with Crippen molar-refractivity contribution in [2.75, 3.05) is 25.6 Å². The predicted molar refractivity (Wildman–Crippen MR) is 136 cm³/mol. The second-order valence-electron chi connectivity index (χ2n) is 7.75. The molecule has 4 N–H and O–H groups in total. The molecule has 4 aromatic rings. The largest absolute Gasteiger partial charge is 0.381 e. The Kier molecular flexibility index (Phi) is 7.78. The number of nitrogens with two attached hydrogens (primary N) is 2. The van der Waals surface area contributed by atoms with Crippen LogP contribution >= 0.6 is 11.6 Å². The average Bonchev–Trinajstić information content (AvgIpc) is 3.13. The lowest BCUT2D eigenvalue weighted by molar-refractivity contribution is 0.100. The number of nitrogens with zero attached hydrogens (tertiary/aromatic N) is 5. The van der Waals surface area contributed by atoms with Crippen LogP contribution in [0.15, 0.2) is 47.5 Å². The molecule has 0 aliphatic rings. The van der Waals surface area contributed by atoms with Crippen LogP contribution in [-0.2, 0) is 23.0 Å². The van der Waals surface area contributed by atoms with E-state index < -0.39 is 15.9 Å². The van der Waals surface area contributed by atoms with Crippen LogP contribution in [0.3, 0.4) is 0 Å². The molecule has 1 aromatic carbocycles. The first kappa shape index (κ1) is 26.1. The molecule has 0 saturated heterocycles. The summed E-state index contributed by atoms with van der Waals surface area (Å²) >= 11 is 6.15. The number of nitrogen functional groups attached to an aromatic ring is 1. The van der Waals surface area contributed by atoms with E-state index in [4.69, 9.17) is 23.1 Å². The van der Waals surface area contributed by atoms with Gasteiger partial charge >= 0.3 is 0 Å². The summed E-state index contributed by atoms with van der Waals surface area (Å²) in [5, 5.41) is 5.56. The van der Waals surface area contributed by atoms with Crippen molar-refractivity contribution < 1.29 is 13.2 Å². The quantitative estimate of drug-likeness (QED) is 0.390. The number of fused-ring (bicyclic) bond motifs is 2. The van der Waals surface area contributed by atoms with E-state index in [0.717, 1.165) is 17.3 Å². The van der Waals surface area contributed by atoms with Gasteiger partial charge < -0.3 is 16.0 Å². The zero-order valence-electron chi connectivity index (χ0n) is 19.5. The summed E-state index contributed by atoms with van der Waals surface area (Å²) in [5.74, 6) is -0.516. The summed E-state index contributed by atoms with van der Waals surface area (Å²) in [4.78, 5) is 27.6. The monoisotopic (exact) mass is 519 g/mol. The zero-order chi connectivity index (χ0) is 25.9. The van der Waals surface area contributed by atoms with Gasteiger partial charge in [0.15, 0.2) is 11.5 Å². The Labute approximate surface area is 207 Å². The number of halogens is 1. The molecule has 4 rings (SSSR count). The number of pyridine rings is 1. The standard InChI is InChI=1S/C15H19ClN2O3S.C7H7N5O/c1-4-12-10-11-6-5-7-13(16)14(11)15(19)18(12)9-8-17(2)22(3,20)21;8-5-4(6(9)13)7-10-2-1-3-12(7)11-5/h5-7,10H,4,8-9H2,1-3H3;1-3H,(H2,8,11)(H2,9,13). The Hall–Kier alpha value is -3.48. The minimum absolute atomic E-state index is 0.103. The van der Waals surface area contributed by atoms with Crippen molar-refractivity contribution >= 4 is 49.8 Å². The molecule has 0 bridgehead atoms.